The van der Waals surface area contributed by atoms with Gasteiger partial charge in [-0.15, -0.1) is 0 Å². The molecular formula is C18H20FNO. The number of benzene rings is 2. The van der Waals surface area contributed by atoms with Crippen LogP contribution in [0.4, 0.5) is 10.1 Å². The Morgan fingerprint density at radius 2 is 1.81 bits per heavy atom. The zero-order valence-electron chi connectivity index (χ0n) is 12.4. The number of ether oxygens (including phenoxy) is 1. The molecule has 0 aliphatic heterocycles. The zero-order valence-corrected chi connectivity index (χ0v) is 12.4. The quantitative estimate of drug-likeness (QED) is 0.893. The maximum atomic E-state index is 13.5. The number of hydrogen-bond acceptors (Lipinski definition) is 2. The Labute approximate surface area is 125 Å². The smallest absolute Gasteiger partial charge is 0.128 e. The highest BCUT2D eigenvalue weighted by molar-refractivity contribution is 5.47. The van der Waals surface area contributed by atoms with Crippen LogP contribution in [0.25, 0.3) is 0 Å². The largest absolute Gasteiger partial charge is 0.497 e. The zero-order chi connectivity index (χ0) is 14.8. The first-order valence-electron chi connectivity index (χ1n) is 7.32. The normalized spacial score (nSPS) is 20.7. The van der Waals surface area contributed by atoms with Gasteiger partial charge in [0.2, 0.25) is 0 Å². The third-order valence-electron chi connectivity index (χ3n) is 4.27. The molecule has 2 nitrogen and oxygen atoms in total. The summed E-state index contributed by atoms with van der Waals surface area (Å²) in [7, 11) is 1.68. The Hall–Kier alpha value is -2.03. The van der Waals surface area contributed by atoms with Crippen molar-refractivity contribution in [1.29, 1.82) is 0 Å². The van der Waals surface area contributed by atoms with Crippen LogP contribution in [0.15, 0.2) is 42.5 Å². The van der Waals surface area contributed by atoms with Crippen molar-refractivity contribution >= 4 is 5.69 Å². The summed E-state index contributed by atoms with van der Waals surface area (Å²) in [6.45, 7) is 1.78. The third-order valence-corrected chi connectivity index (χ3v) is 4.27. The van der Waals surface area contributed by atoms with Crippen molar-refractivity contribution in [3.8, 4) is 5.75 Å². The lowest BCUT2D eigenvalue weighted by molar-refractivity contribution is 0.373. The average Bonchev–Trinajstić information content (AvgIpc) is 2.46. The molecule has 1 fully saturated rings. The highest BCUT2D eigenvalue weighted by Gasteiger charge is 2.30. The molecule has 3 rings (SSSR count). The monoisotopic (exact) mass is 285 g/mol. The molecule has 1 saturated carbocycles. The molecule has 0 atom stereocenters. The van der Waals surface area contributed by atoms with Gasteiger partial charge in [-0.2, -0.15) is 0 Å². The van der Waals surface area contributed by atoms with Gasteiger partial charge in [-0.1, -0.05) is 18.2 Å². The van der Waals surface area contributed by atoms with E-state index in [2.05, 4.69) is 17.4 Å². The van der Waals surface area contributed by atoms with Gasteiger partial charge in [0.15, 0.2) is 0 Å². The molecule has 0 spiro atoms. The number of nitrogens with one attached hydrogen (secondary N) is 1. The van der Waals surface area contributed by atoms with E-state index in [4.69, 9.17) is 4.74 Å². The molecule has 110 valence electrons. The highest BCUT2D eigenvalue weighted by atomic mass is 19.1. The first-order valence-corrected chi connectivity index (χ1v) is 7.32. The molecule has 0 aromatic heterocycles. The number of anilines is 1. The topological polar surface area (TPSA) is 21.3 Å². The third kappa shape index (κ3) is 3.02. The van der Waals surface area contributed by atoms with Gasteiger partial charge in [0, 0.05) is 11.7 Å². The molecule has 0 heterocycles. The van der Waals surface area contributed by atoms with E-state index >= 15 is 0 Å². The number of aryl methyl sites for hydroxylation is 1. The van der Waals surface area contributed by atoms with Gasteiger partial charge in [0.1, 0.15) is 11.6 Å². The van der Waals surface area contributed by atoms with Crippen LogP contribution in [0, 0.1) is 12.7 Å². The predicted molar refractivity (Wildman–Crippen MR) is 83.5 cm³/mol. The van der Waals surface area contributed by atoms with Crippen LogP contribution in [-0.2, 0) is 0 Å². The van der Waals surface area contributed by atoms with Crippen molar-refractivity contribution in [2.24, 2.45) is 0 Å². The maximum Gasteiger partial charge on any atom is 0.128 e. The summed E-state index contributed by atoms with van der Waals surface area (Å²) in [5.74, 6) is 1.33. The molecule has 2 aromatic rings. The second-order valence-electron chi connectivity index (χ2n) is 5.75. The van der Waals surface area contributed by atoms with Crippen LogP contribution in [0.1, 0.15) is 29.9 Å². The molecule has 2 aromatic carbocycles. The van der Waals surface area contributed by atoms with E-state index in [1.54, 1.807) is 20.1 Å². The van der Waals surface area contributed by atoms with Crippen LogP contribution < -0.4 is 10.1 Å². The molecule has 0 unspecified atom stereocenters. The van der Waals surface area contributed by atoms with Crippen LogP contribution in [0.2, 0.25) is 0 Å². The van der Waals surface area contributed by atoms with E-state index in [0.717, 1.165) is 24.3 Å². The molecule has 21 heavy (non-hydrogen) atoms. The van der Waals surface area contributed by atoms with Crippen molar-refractivity contribution in [1.82, 2.24) is 0 Å². The molecule has 0 saturated heterocycles. The fourth-order valence-corrected chi connectivity index (χ4v) is 2.80. The van der Waals surface area contributed by atoms with E-state index < -0.39 is 0 Å². The summed E-state index contributed by atoms with van der Waals surface area (Å²) in [6.07, 6.45) is 2.17. The SMILES string of the molecule is COc1ccc(C2CC(Nc3ccc(C)c(F)c3)C2)cc1. The number of rotatable bonds is 4. The molecule has 1 aliphatic carbocycles. The van der Waals surface area contributed by atoms with Gasteiger partial charge < -0.3 is 10.1 Å². The summed E-state index contributed by atoms with van der Waals surface area (Å²) in [4.78, 5) is 0. The predicted octanol–water partition coefficient (Wildman–Crippen LogP) is 4.50. The van der Waals surface area contributed by atoms with Crippen LogP contribution in [-0.4, -0.2) is 13.2 Å². The van der Waals surface area contributed by atoms with Gasteiger partial charge in [0.05, 0.1) is 7.11 Å². The molecule has 0 amide bonds. The fourth-order valence-electron chi connectivity index (χ4n) is 2.80. The lowest BCUT2D eigenvalue weighted by Gasteiger charge is -2.37. The standard InChI is InChI=1S/C18H20FNO/c1-12-3-6-15(11-18(12)19)20-16-9-14(10-16)13-4-7-17(21-2)8-5-13/h3-8,11,14,16,20H,9-10H2,1-2H3. The second kappa shape index (κ2) is 5.76. The molecule has 1 N–H and O–H groups in total. The van der Waals surface area contributed by atoms with Gasteiger partial charge in [-0.25, -0.2) is 4.39 Å². The van der Waals surface area contributed by atoms with E-state index in [9.17, 15) is 4.39 Å². The minimum atomic E-state index is -0.147. The van der Waals surface area contributed by atoms with Crippen molar-refractivity contribution in [3.05, 3.63) is 59.4 Å². The van der Waals surface area contributed by atoms with Crippen LogP contribution in [0.5, 0.6) is 5.75 Å². The molecular weight excluding hydrogens is 265 g/mol. The Bertz CT molecular complexity index is 618. The first kappa shape index (κ1) is 13.9. The summed E-state index contributed by atoms with van der Waals surface area (Å²) >= 11 is 0. The summed E-state index contributed by atoms with van der Waals surface area (Å²) in [5, 5.41) is 3.40. The van der Waals surface area contributed by atoms with E-state index in [0.29, 0.717) is 17.5 Å². The van der Waals surface area contributed by atoms with Crippen molar-refractivity contribution < 1.29 is 9.13 Å². The van der Waals surface area contributed by atoms with Gasteiger partial charge in [-0.05, 0) is 61.1 Å². The summed E-state index contributed by atoms with van der Waals surface area (Å²) in [6, 6.07) is 14.0. The number of hydrogen-bond donors (Lipinski definition) is 1. The van der Waals surface area contributed by atoms with E-state index in [-0.39, 0.29) is 5.82 Å². The summed E-state index contributed by atoms with van der Waals surface area (Å²) < 4.78 is 18.7. The molecule has 3 heteroatoms. The minimum Gasteiger partial charge on any atom is -0.497 e. The Morgan fingerprint density at radius 3 is 2.43 bits per heavy atom. The van der Waals surface area contributed by atoms with Crippen molar-refractivity contribution in [3.63, 3.8) is 0 Å². The molecule has 1 aliphatic rings. The van der Waals surface area contributed by atoms with Crippen molar-refractivity contribution in [2.75, 3.05) is 12.4 Å². The lowest BCUT2D eigenvalue weighted by Crippen LogP contribution is -2.34. The Balaban J connectivity index is 1.56. The number of methoxy groups -OCH3 is 1. The van der Waals surface area contributed by atoms with Crippen molar-refractivity contribution in [2.45, 2.75) is 31.7 Å². The van der Waals surface area contributed by atoms with E-state index in [1.807, 2.05) is 24.3 Å². The molecule has 0 bridgehead atoms. The average molecular weight is 285 g/mol. The second-order valence-corrected chi connectivity index (χ2v) is 5.75. The number of halogens is 1. The molecule has 0 radical (unpaired) electrons. The highest BCUT2D eigenvalue weighted by Crippen LogP contribution is 2.39. The summed E-state index contributed by atoms with van der Waals surface area (Å²) in [5.41, 5.74) is 2.91. The van der Waals surface area contributed by atoms with Crippen LogP contribution in [0.3, 0.4) is 0 Å². The minimum absolute atomic E-state index is 0.147. The fraction of sp³-hybridized carbons (Fsp3) is 0.333. The Kier molecular flexibility index (Phi) is 3.82. The Morgan fingerprint density at radius 1 is 1.10 bits per heavy atom. The van der Waals surface area contributed by atoms with Gasteiger partial charge >= 0.3 is 0 Å². The van der Waals surface area contributed by atoms with Crippen LogP contribution >= 0.6 is 0 Å². The van der Waals surface area contributed by atoms with E-state index in [1.165, 1.54) is 5.56 Å². The first-order chi connectivity index (χ1) is 10.2. The lowest BCUT2D eigenvalue weighted by atomic mass is 9.76. The van der Waals surface area contributed by atoms with Gasteiger partial charge in [0.25, 0.3) is 0 Å². The van der Waals surface area contributed by atoms with Gasteiger partial charge in [-0.3, -0.25) is 0 Å². The maximum absolute atomic E-state index is 13.5.